The van der Waals surface area contributed by atoms with Crippen molar-refractivity contribution in [2.24, 2.45) is 5.41 Å². The normalized spacial score (nSPS) is 34.3. The predicted octanol–water partition coefficient (Wildman–Crippen LogP) is 1.89. The summed E-state index contributed by atoms with van der Waals surface area (Å²) in [4.78, 5) is 0. The van der Waals surface area contributed by atoms with Gasteiger partial charge in [-0.05, 0) is 42.5 Å². The maximum Gasteiger partial charge on any atom is 0.123 e. The van der Waals surface area contributed by atoms with E-state index in [-0.39, 0.29) is 12.4 Å². The van der Waals surface area contributed by atoms with Crippen molar-refractivity contribution in [3.8, 4) is 6.07 Å². The van der Waals surface area contributed by atoms with Crippen molar-refractivity contribution in [1.82, 2.24) is 0 Å². The predicted molar refractivity (Wildman–Crippen MR) is 62.1 cm³/mol. The summed E-state index contributed by atoms with van der Waals surface area (Å²) in [5.41, 5.74) is -0.604. The smallest absolute Gasteiger partial charge is 0.123 e. The molecule has 1 N–H and O–H groups in total. The largest absolute Gasteiger partial charge is 0.383 e. The van der Waals surface area contributed by atoms with Crippen LogP contribution in [0.5, 0.6) is 0 Å². The molecule has 2 atom stereocenters. The topological polar surface area (TPSA) is 53.2 Å². The monoisotopic (exact) mass is 247 g/mol. The van der Waals surface area contributed by atoms with Crippen LogP contribution in [0.1, 0.15) is 24.0 Å². The highest BCUT2D eigenvalue weighted by molar-refractivity contribution is 5.41. The molecule has 0 aromatic heterocycles. The second kappa shape index (κ2) is 3.78. The summed E-state index contributed by atoms with van der Waals surface area (Å²) >= 11 is 0. The molecule has 2 aliphatic rings. The van der Waals surface area contributed by atoms with E-state index in [0.29, 0.717) is 31.4 Å². The number of ether oxygens (including phenoxy) is 1. The molecule has 0 spiro atoms. The van der Waals surface area contributed by atoms with Gasteiger partial charge in [0.25, 0.3) is 0 Å². The summed E-state index contributed by atoms with van der Waals surface area (Å²) in [6.07, 6.45) is 1.59. The lowest BCUT2D eigenvalue weighted by molar-refractivity contribution is -0.0626. The van der Waals surface area contributed by atoms with Crippen molar-refractivity contribution in [3.05, 3.63) is 35.1 Å². The number of benzene rings is 1. The second-order valence-corrected chi connectivity index (χ2v) is 5.16. The molecule has 2 unspecified atom stereocenters. The van der Waals surface area contributed by atoms with Crippen LogP contribution in [0, 0.1) is 22.6 Å². The molecule has 3 nitrogen and oxygen atoms in total. The molecule has 0 amide bonds. The van der Waals surface area contributed by atoms with Crippen LogP contribution in [-0.2, 0) is 16.8 Å². The molecule has 1 fully saturated rings. The van der Waals surface area contributed by atoms with Crippen molar-refractivity contribution in [2.75, 3.05) is 13.2 Å². The van der Waals surface area contributed by atoms with Crippen LogP contribution in [0.3, 0.4) is 0 Å². The molecule has 0 saturated carbocycles. The summed E-state index contributed by atoms with van der Waals surface area (Å²) in [5, 5.41) is 20.4. The maximum absolute atomic E-state index is 13.2. The highest BCUT2D eigenvalue weighted by Crippen LogP contribution is 2.52. The summed E-state index contributed by atoms with van der Waals surface area (Å²) in [6, 6.07) is 6.65. The second-order valence-electron chi connectivity index (χ2n) is 5.16. The highest BCUT2D eigenvalue weighted by Gasteiger charge is 2.56. The number of hydrogen-bond acceptors (Lipinski definition) is 3. The number of fused-ring (bicyclic) bond motifs is 1. The third-order valence-electron chi connectivity index (χ3n) is 4.30. The minimum Gasteiger partial charge on any atom is -0.383 e. The minimum atomic E-state index is -1.21. The van der Waals surface area contributed by atoms with Crippen molar-refractivity contribution >= 4 is 0 Å². The van der Waals surface area contributed by atoms with Gasteiger partial charge < -0.3 is 9.84 Å². The molecule has 94 valence electrons. The Balaban J connectivity index is 2.11. The Morgan fingerprint density at radius 2 is 2.22 bits per heavy atom. The van der Waals surface area contributed by atoms with E-state index in [1.165, 1.54) is 12.1 Å². The third-order valence-corrected chi connectivity index (χ3v) is 4.30. The molecule has 1 aromatic carbocycles. The Bertz CT molecular complexity index is 531. The van der Waals surface area contributed by atoms with Crippen LogP contribution in [0.25, 0.3) is 0 Å². The summed E-state index contributed by atoms with van der Waals surface area (Å²) < 4.78 is 18.5. The van der Waals surface area contributed by atoms with Gasteiger partial charge in [0.1, 0.15) is 16.8 Å². The fourth-order valence-electron chi connectivity index (χ4n) is 3.19. The zero-order valence-corrected chi connectivity index (χ0v) is 9.95. The molecule has 1 aromatic rings. The van der Waals surface area contributed by atoms with E-state index >= 15 is 0 Å². The molecular formula is C14H14FNO2. The first-order chi connectivity index (χ1) is 8.61. The molecule has 1 aliphatic carbocycles. The van der Waals surface area contributed by atoms with Gasteiger partial charge in [0.15, 0.2) is 0 Å². The molecular weight excluding hydrogens is 233 g/mol. The lowest BCUT2D eigenvalue weighted by Gasteiger charge is -2.36. The van der Waals surface area contributed by atoms with Crippen LogP contribution >= 0.6 is 0 Å². The lowest BCUT2D eigenvalue weighted by Crippen LogP contribution is -2.44. The van der Waals surface area contributed by atoms with Crippen molar-refractivity contribution < 1.29 is 14.2 Å². The van der Waals surface area contributed by atoms with Gasteiger partial charge >= 0.3 is 0 Å². The van der Waals surface area contributed by atoms with E-state index < -0.39 is 11.0 Å². The maximum atomic E-state index is 13.2. The number of nitrogens with zero attached hydrogens (tertiary/aromatic N) is 1. The van der Waals surface area contributed by atoms with E-state index in [2.05, 4.69) is 6.07 Å². The number of halogens is 1. The van der Waals surface area contributed by atoms with Crippen molar-refractivity contribution in [2.45, 2.75) is 24.9 Å². The van der Waals surface area contributed by atoms with E-state index in [0.717, 1.165) is 5.56 Å². The number of nitriles is 1. The number of rotatable bonds is 1. The van der Waals surface area contributed by atoms with E-state index in [1.807, 2.05) is 0 Å². The Labute approximate surface area is 105 Å². The zero-order valence-electron chi connectivity index (χ0n) is 9.95. The van der Waals surface area contributed by atoms with Gasteiger partial charge in [0.2, 0.25) is 0 Å². The van der Waals surface area contributed by atoms with Crippen LogP contribution in [-0.4, -0.2) is 18.3 Å². The Kier molecular flexibility index (Phi) is 2.44. The standard InChI is InChI=1S/C14H14FNO2/c15-11-1-2-12-10(7-11)3-4-14(12,17)13(8-16)5-6-18-9-13/h1-2,7,17H,3-6,9H2. The molecule has 3 rings (SSSR count). The quantitative estimate of drug-likeness (QED) is 0.824. The number of aliphatic hydroxyl groups is 1. The highest BCUT2D eigenvalue weighted by atomic mass is 19.1. The molecule has 0 bridgehead atoms. The number of aryl methyl sites for hydroxylation is 1. The molecule has 0 radical (unpaired) electrons. The molecule has 1 aliphatic heterocycles. The number of hydrogen-bond donors (Lipinski definition) is 1. The first kappa shape index (κ1) is 11.6. The van der Waals surface area contributed by atoms with Gasteiger partial charge in [0.05, 0.1) is 12.7 Å². The minimum absolute atomic E-state index is 0.247. The van der Waals surface area contributed by atoms with Gasteiger partial charge in [-0.15, -0.1) is 0 Å². The summed E-state index contributed by atoms with van der Waals surface area (Å²) in [5.74, 6) is -0.299. The van der Waals surface area contributed by atoms with Gasteiger partial charge in [-0.25, -0.2) is 4.39 Å². The molecule has 18 heavy (non-hydrogen) atoms. The van der Waals surface area contributed by atoms with Gasteiger partial charge in [-0.1, -0.05) is 6.07 Å². The Hall–Kier alpha value is -1.44. The van der Waals surface area contributed by atoms with Crippen LogP contribution < -0.4 is 0 Å². The SMILES string of the molecule is N#CC1(C2(O)CCc3cc(F)ccc32)CCOC1. The first-order valence-electron chi connectivity index (χ1n) is 6.12. The fourth-order valence-corrected chi connectivity index (χ4v) is 3.19. The van der Waals surface area contributed by atoms with Crippen LogP contribution in [0.2, 0.25) is 0 Å². The molecule has 4 heteroatoms. The van der Waals surface area contributed by atoms with Crippen molar-refractivity contribution in [1.29, 1.82) is 5.26 Å². The van der Waals surface area contributed by atoms with Gasteiger partial charge in [0, 0.05) is 6.61 Å². The van der Waals surface area contributed by atoms with Crippen LogP contribution in [0.15, 0.2) is 18.2 Å². The lowest BCUT2D eigenvalue weighted by atomic mass is 9.69. The Morgan fingerprint density at radius 1 is 1.39 bits per heavy atom. The molecule has 1 heterocycles. The van der Waals surface area contributed by atoms with Gasteiger partial charge in [-0.2, -0.15) is 5.26 Å². The average Bonchev–Trinajstić information content (AvgIpc) is 2.96. The van der Waals surface area contributed by atoms with E-state index in [4.69, 9.17) is 4.74 Å². The Morgan fingerprint density at radius 3 is 2.89 bits per heavy atom. The first-order valence-corrected chi connectivity index (χ1v) is 6.12. The van der Waals surface area contributed by atoms with Gasteiger partial charge in [-0.3, -0.25) is 0 Å². The summed E-state index contributed by atoms with van der Waals surface area (Å²) in [7, 11) is 0. The third kappa shape index (κ3) is 1.35. The van der Waals surface area contributed by atoms with E-state index in [9.17, 15) is 14.8 Å². The molecule has 1 saturated heterocycles. The van der Waals surface area contributed by atoms with Crippen LogP contribution in [0.4, 0.5) is 4.39 Å². The zero-order chi connectivity index (χ0) is 12.8. The average molecular weight is 247 g/mol. The summed E-state index contributed by atoms with van der Waals surface area (Å²) in [6.45, 7) is 0.739. The fraction of sp³-hybridized carbons (Fsp3) is 0.500. The van der Waals surface area contributed by atoms with Crippen molar-refractivity contribution in [3.63, 3.8) is 0 Å². The van der Waals surface area contributed by atoms with E-state index in [1.54, 1.807) is 6.07 Å².